The Labute approximate surface area is 123 Å². The molecule has 2 rings (SSSR count). The average Bonchev–Trinajstić information content (AvgIpc) is 2.41. The van der Waals surface area contributed by atoms with E-state index in [4.69, 9.17) is 5.11 Å². The van der Waals surface area contributed by atoms with E-state index in [1.54, 1.807) is 24.3 Å². The Morgan fingerprint density at radius 3 is 2.60 bits per heavy atom. The van der Waals surface area contributed by atoms with Crippen LogP contribution in [0.1, 0.15) is 5.56 Å². The number of amides is 2. The first-order chi connectivity index (χ1) is 9.47. The van der Waals surface area contributed by atoms with Gasteiger partial charge in [-0.25, -0.2) is 4.79 Å². The predicted molar refractivity (Wildman–Crippen MR) is 74.0 cm³/mol. The van der Waals surface area contributed by atoms with Gasteiger partial charge in [-0.3, -0.25) is 9.59 Å². The molecular formula is C13H13BrN2O4. The van der Waals surface area contributed by atoms with E-state index in [2.05, 4.69) is 21.2 Å². The molecule has 0 spiro atoms. The number of carboxylic acid groups (broad SMARTS) is 1. The predicted octanol–water partition coefficient (Wildman–Crippen LogP) is 0.403. The summed E-state index contributed by atoms with van der Waals surface area (Å²) < 4.78 is 0.898. The van der Waals surface area contributed by atoms with Gasteiger partial charge < -0.3 is 15.3 Å². The van der Waals surface area contributed by atoms with Gasteiger partial charge in [0, 0.05) is 11.0 Å². The van der Waals surface area contributed by atoms with E-state index in [1.807, 2.05) is 0 Å². The SMILES string of the molecule is O=C1CN(C(=O)Cc2ccc(Br)cc2)C(C(=O)O)CN1. The van der Waals surface area contributed by atoms with Gasteiger partial charge in [0.25, 0.3) is 0 Å². The summed E-state index contributed by atoms with van der Waals surface area (Å²) in [6, 6.07) is 6.17. The maximum absolute atomic E-state index is 12.2. The quantitative estimate of drug-likeness (QED) is 0.834. The van der Waals surface area contributed by atoms with Crippen LogP contribution in [0.25, 0.3) is 0 Å². The molecule has 1 saturated heterocycles. The minimum atomic E-state index is -1.12. The molecule has 106 valence electrons. The van der Waals surface area contributed by atoms with Crippen LogP contribution in [0.5, 0.6) is 0 Å². The van der Waals surface area contributed by atoms with Crippen LogP contribution >= 0.6 is 15.9 Å². The van der Waals surface area contributed by atoms with Crippen molar-refractivity contribution in [2.45, 2.75) is 12.5 Å². The van der Waals surface area contributed by atoms with Gasteiger partial charge in [-0.15, -0.1) is 0 Å². The fourth-order valence-electron chi connectivity index (χ4n) is 2.00. The normalized spacial score (nSPS) is 18.6. The first kappa shape index (κ1) is 14.5. The summed E-state index contributed by atoms with van der Waals surface area (Å²) in [4.78, 5) is 35.8. The van der Waals surface area contributed by atoms with Crippen molar-refractivity contribution in [1.29, 1.82) is 0 Å². The first-order valence-corrected chi connectivity index (χ1v) is 6.80. The molecule has 1 atom stereocenters. The van der Waals surface area contributed by atoms with Crippen LogP contribution in [0, 0.1) is 0 Å². The van der Waals surface area contributed by atoms with Crippen LogP contribution in [-0.2, 0) is 20.8 Å². The van der Waals surface area contributed by atoms with E-state index in [9.17, 15) is 14.4 Å². The maximum atomic E-state index is 12.2. The number of nitrogens with zero attached hydrogens (tertiary/aromatic N) is 1. The summed E-state index contributed by atoms with van der Waals surface area (Å²) in [7, 11) is 0. The summed E-state index contributed by atoms with van der Waals surface area (Å²) in [5.41, 5.74) is 0.772. The van der Waals surface area contributed by atoms with Gasteiger partial charge in [0.1, 0.15) is 12.6 Å². The highest BCUT2D eigenvalue weighted by Crippen LogP contribution is 2.13. The van der Waals surface area contributed by atoms with Crippen molar-refractivity contribution in [2.24, 2.45) is 0 Å². The second-order valence-electron chi connectivity index (χ2n) is 4.48. The molecule has 1 aliphatic rings. The first-order valence-electron chi connectivity index (χ1n) is 6.01. The van der Waals surface area contributed by atoms with Crippen molar-refractivity contribution >= 4 is 33.7 Å². The van der Waals surface area contributed by atoms with E-state index < -0.39 is 12.0 Å². The fourth-order valence-corrected chi connectivity index (χ4v) is 2.27. The van der Waals surface area contributed by atoms with E-state index in [1.165, 1.54) is 0 Å². The Morgan fingerprint density at radius 1 is 1.35 bits per heavy atom. The van der Waals surface area contributed by atoms with Crippen LogP contribution in [0.15, 0.2) is 28.7 Å². The Balaban J connectivity index is 2.10. The standard InChI is InChI=1S/C13H13BrN2O4/c14-9-3-1-8(2-4-9)5-12(18)16-7-11(17)15-6-10(16)13(19)20/h1-4,10H,5-7H2,(H,15,17)(H,19,20). The number of carbonyl (C=O) groups excluding carboxylic acids is 2. The third-order valence-corrected chi connectivity index (χ3v) is 3.59. The minimum absolute atomic E-state index is 0.0553. The molecule has 7 heteroatoms. The molecule has 1 unspecified atom stereocenters. The number of halogens is 1. The summed E-state index contributed by atoms with van der Waals surface area (Å²) in [6.07, 6.45) is 0.0737. The summed E-state index contributed by atoms with van der Waals surface area (Å²) in [5, 5.41) is 11.5. The van der Waals surface area contributed by atoms with E-state index in [0.717, 1.165) is 14.9 Å². The lowest BCUT2D eigenvalue weighted by Gasteiger charge is -2.32. The molecule has 1 fully saturated rings. The highest BCUT2D eigenvalue weighted by molar-refractivity contribution is 9.10. The van der Waals surface area contributed by atoms with Gasteiger partial charge in [0.15, 0.2) is 0 Å². The molecule has 2 amide bonds. The molecule has 0 aromatic heterocycles. The number of hydrogen-bond acceptors (Lipinski definition) is 3. The second-order valence-corrected chi connectivity index (χ2v) is 5.40. The van der Waals surface area contributed by atoms with Crippen molar-refractivity contribution < 1.29 is 19.5 Å². The van der Waals surface area contributed by atoms with Crippen LogP contribution in [0.2, 0.25) is 0 Å². The lowest BCUT2D eigenvalue weighted by molar-refractivity contribution is -0.153. The van der Waals surface area contributed by atoms with Gasteiger partial charge in [0.2, 0.25) is 11.8 Å². The number of benzene rings is 1. The number of rotatable bonds is 3. The lowest BCUT2D eigenvalue weighted by Crippen LogP contribution is -2.59. The number of carboxylic acids is 1. The van der Waals surface area contributed by atoms with Crippen molar-refractivity contribution in [2.75, 3.05) is 13.1 Å². The molecule has 0 radical (unpaired) electrons. The Hall–Kier alpha value is -1.89. The Bertz CT molecular complexity index is 544. The number of aliphatic carboxylic acids is 1. The fraction of sp³-hybridized carbons (Fsp3) is 0.308. The van der Waals surface area contributed by atoms with Gasteiger partial charge in [-0.05, 0) is 17.7 Å². The zero-order chi connectivity index (χ0) is 14.7. The number of nitrogens with one attached hydrogen (secondary N) is 1. The van der Waals surface area contributed by atoms with Crippen LogP contribution in [-0.4, -0.2) is 46.9 Å². The monoisotopic (exact) mass is 340 g/mol. The molecule has 0 bridgehead atoms. The van der Waals surface area contributed by atoms with Crippen molar-refractivity contribution in [3.63, 3.8) is 0 Å². The third kappa shape index (κ3) is 3.36. The largest absolute Gasteiger partial charge is 0.480 e. The Kier molecular flexibility index (Phi) is 4.39. The molecule has 2 N–H and O–H groups in total. The summed E-state index contributed by atoms with van der Waals surface area (Å²) in [5.74, 6) is -1.82. The minimum Gasteiger partial charge on any atom is -0.480 e. The molecule has 1 heterocycles. The molecule has 20 heavy (non-hydrogen) atoms. The zero-order valence-electron chi connectivity index (χ0n) is 10.5. The molecule has 6 nitrogen and oxygen atoms in total. The summed E-state index contributed by atoms with van der Waals surface area (Å²) >= 11 is 3.30. The van der Waals surface area contributed by atoms with Crippen LogP contribution in [0.4, 0.5) is 0 Å². The van der Waals surface area contributed by atoms with Gasteiger partial charge in [-0.1, -0.05) is 28.1 Å². The van der Waals surface area contributed by atoms with Gasteiger partial charge in [0.05, 0.1) is 6.42 Å². The average molecular weight is 341 g/mol. The van der Waals surface area contributed by atoms with Gasteiger partial charge in [-0.2, -0.15) is 0 Å². The van der Waals surface area contributed by atoms with E-state index >= 15 is 0 Å². The molecule has 1 aromatic carbocycles. The summed E-state index contributed by atoms with van der Waals surface area (Å²) in [6.45, 7) is -0.271. The highest BCUT2D eigenvalue weighted by Gasteiger charge is 2.34. The molecular weight excluding hydrogens is 328 g/mol. The molecule has 1 aliphatic heterocycles. The zero-order valence-corrected chi connectivity index (χ0v) is 12.1. The van der Waals surface area contributed by atoms with Crippen molar-refractivity contribution in [3.8, 4) is 0 Å². The van der Waals surface area contributed by atoms with Crippen LogP contribution in [0.3, 0.4) is 0 Å². The maximum Gasteiger partial charge on any atom is 0.328 e. The van der Waals surface area contributed by atoms with E-state index in [-0.39, 0.29) is 31.3 Å². The number of carbonyl (C=O) groups is 3. The van der Waals surface area contributed by atoms with Crippen molar-refractivity contribution in [1.82, 2.24) is 10.2 Å². The second kappa shape index (κ2) is 6.04. The van der Waals surface area contributed by atoms with Crippen LogP contribution < -0.4 is 5.32 Å². The van der Waals surface area contributed by atoms with Gasteiger partial charge >= 0.3 is 5.97 Å². The van der Waals surface area contributed by atoms with Crippen molar-refractivity contribution in [3.05, 3.63) is 34.3 Å². The molecule has 1 aromatic rings. The lowest BCUT2D eigenvalue weighted by atomic mass is 10.1. The topological polar surface area (TPSA) is 86.7 Å². The number of hydrogen-bond donors (Lipinski definition) is 2. The number of piperazine rings is 1. The highest BCUT2D eigenvalue weighted by atomic mass is 79.9. The Morgan fingerprint density at radius 2 is 2.00 bits per heavy atom. The van der Waals surface area contributed by atoms with E-state index in [0.29, 0.717) is 0 Å². The molecule has 0 saturated carbocycles. The molecule has 0 aliphatic carbocycles. The smallest absolute Gasteiger partial charge is 0.328 e. The third-order valence-electron chi connectivity index (χ3n) is 3.06.